The lowest BCUT2D eigenvalue weighted by Gasteiger charge is -2.34. The molecule has 1 aromatic carbocycles. The lowest BCUT2D eigenvalue weighted by atomic mass is 10.1. The number of hydrogen-bond donors (Lipinski definition) is 1. The number of carbonyl (C=O) groups excluding carboxylic acids is 1. The Hall–Kier alpha value is -1.95. The maximum absolute atomic E-state index is 11.9. The van der Waals surface area contributed by atoms with Gasteiger partial charge in [-0.3, -0.25) is 4.90 Å². The van der Waals surface area contributed by atoms with Gasteiger partial charge in [-0.05, 0) is 12.1 Å². The molecule has 0 spiro atoms. The summed E-state index contributed by atoms with van der Waals surface area (Å²) in [6.45, 7) is 0.800. The van der Waals surface area contributed by atoms with E-state index in [-0.39, 0.29) is 12.1 Å². The second-order valence-corrected chi connectivity index (χ2v) is 4.20. The average Bonchev–Trinajstić information content (AvgIpc) is 2.46. The molecular weight excluding hydrogens is 248 g/mol. The van der Waals surface area contributed by atoms with Gasteiger partial charge in [0.2, 0.25) is 0 Å². The minimum Gasteiger partial charge on any atom is -0.493 e. The topological polar surface area (TPSA) is 74.0 Å². The molecular formula is C13H18N2O4. The fourth-order valence-electron chi connectivity index (χ4n) is 2.14. The Morgan fingerprint density at radius 2 is 2.11 bits per heavy atom. The number of nitrogens with zero attached hydrogens (tertiary/aromatic N) is 1. The molecule has 1 heterocycles. The maximum atomic E-state index is 11.9. The fraction of sp³-hybridized carbons (Fsp3) is 0.462. The fourth-order valence-corrected chi connectivity index (χ4v) is 2.14. The summed E-state index contributed by atoms with van der Waals surface area (Å²) in [6.07, 6.45) is 0.338. The van der Waals surface area contributed by atoms with Crippen LogP contribution in [0.3, 0.4) is 0 Å². The molecule has 0 aromatic heterocycles. The zero-order chi connectivity index (χ0) is 13.8. The van der Waals surface area contributed by atoms with Crippen molar-refractivity contribution < 1.29 is 19.0 Å². The maximum Gasteiger partial charge on any atom is 0.414 e. The van der Waals surface area contributed by atoms with E-state index in [0.29, 0.717) is 30.3 Å². The van der Waals surface area contributed by atoms with Crippen molar-refractivity contribution in [1.82, 2.24) is 0 Å². The molecule has 1 fully saturated rings. The van der Waals surface area contributed by atoms with Gasteiger partial charge in [0.15, 0.2) is 11.5 Å². The quantitative estimate of drug-likeness (QED) is 0.891. The Morgan fingerprint density at radius 3 is 2.74 bits per heavy atom. The number of benzene rings is 1. The van der Waals surface area contributed by atoms with E-state index in [1.807, 2.05) is 0 Å². The number of carbonyl (C=O) groups is 1. The van der Waals surface area contributed by atoms with Gasteiger partial charge in [0.05, 0.1) is 32.6 Å². The molecule has 2 rings (SSSR count). The molecule has 1 saturated heterocycles. The van der Waals surface area contributed by atoms with Gasteiger partial charge in [0, 0.05) is 19.0 Å². The van der Waals surface area contributed by atoms with Crippen molar-refractivity contribution in [3.8, 4) is 11.5 Å². The minimum absolute atomic E-state index is 0.0562. The van der Waals surface area contributed by atoms with Crippen LogP contribution >= 0.6 is 0 Å². The first-order valence-electron chi connectivity index (χ1n) is 6.09. The van der Waals surface area contributed by atoms with Crippen LogP contribution in [-0.4, -0.2) is 39.5 Å². The molecule has 2 N–H and O–H groups in total. The van der Waals surface area contributed by atoms with Crippen LogP contribution in [0.25, 0.3) is 0 Å². The van der Waals surface area contributed by atoms with Crippen molar-refractivity contribution in [2.45, 2.75) is 12.5 Å². The van der Waals surface area contributed by atoms with Gasteiger partial charge >= 0.3 is 6.09 Å². The summed E-state index contributed by atoms with van der Waals surface area (Å²) in [5.41, 5.74) is 6.41. The first-order chi connectivity index (χ1) is 9.21. The number of hydrogen-bond acceptors (Lipinski definition) is 5. The summed E-state index contributed by atoms with van der Waals surface area (Å²) in [7, 11) is 3.12. The van der Waals surface area contributed by atoms with Gasteiger partial charge in [0.1, 0.15) is 0 Å². The molecule has 6 heteroatoms. The Balaban J connectivity index is 2.35. The van der Waals surface area contributed by atoms with Gasteiger partial charge in [-0.15, -0.1) is 0 Å². The predicted molar refractivity (Wildman–Crippen MR) is 70.8 cm³/mol. The minimum atomic E-state index is -0.381. The smallest absolute Gasteiger partial charge is 0.414 e. The molecule has 1 aliphatic heterocycles. The molecule has 0 aliphatic carbocycles. The lowest BCUT2D eigenvalue weighted by molar-refractivity contribution is 0.130. The number of amides is 1. The molecule has 1 unspecified atom stereocenters. The van der Waals surface area contributed by atoms with Crippen molar-refractivity contribution in [1.29, 1.82) is 0 Å². The highest BCUT2D eigenvalue weighted by Gasteiger charge is 2.30. The number of rotatable bonds is 4. The van der Waals surface area contributed by atoms with Gasteiger partial charge in [-0.1, -0.05) is 0 Å². The van der Waals surface area contributed by atoms with Crippen molar-refractivity contribution in [2.75, 3.05) is 32.3 Å². The molecule has 0 radical (unpaired) electrons. The van der Waals surface area contributed by atoms with Crippen molar-refractivity contribution in [2.24, 2.45) is 5.73 Å². The van der Waals surface area contributed by atoms with Crippen molar-refractivity contribution in [3.63, 3.8) is 0 Å². The number of methoxy groups -OCH3 is 2. The highest BCUT2D eigenvalue weighted by molar-refractivity contribution is 5.89. The Labute approximate surface area is 112 Å². The summed E-state index contributed by atoms with van der Waals surface area (Å²) < 4.78 is 15.5. The van der Waals surface area contributed by atoms with Crippen LogP contribution in [0, 0.1) is 0 Å². The zero-order valence-electron chi connectivity index (χ0n) is 11.1. The van der Waals surface area contributed by atoms with E-state index in [4.69, 9.17) is 19.9 Å². The van der Waals surface area contributed by atoms with Crippen LogP contribution in [0.4, 0.5) is 10.5 Å². The Kier molecular flexibility index (Phi) is 4.11. The third-order valence-electron chi connectivity index (χ3n) is 3.16. The van der Waals surface area contributed by atoms with E-state index in [1.165, 1.54) is 0 Å². The first kappa shape index (κ1) is 13.5. The SMILES string of the molecule is COc1ccc(N2C(=O)OCCC2CN)cc1OC. The van der Waals surface area contributed by atoms with Gasteiger partial charge in [-0.2, -0.15) is 0 Å². The van der Waals surface area contributed by atoms with E-state index >= 15 is 0 Å². The van der Waals surface area contributed by atoms with E-state index in [2.05, 4.69) is 0 Å². The Morgan fingerprint density at radius 1 is 1.37 bits per heavy atom. The van der Waals surface area contributed by atoms with E-state index < -0.39 is 0 Å². The van der Waals surface area contributed by atoms with E-state index in [0.717, 1.165) is 6.42 Å². The van der Waals surface area contributed by atoms with Crippen molar-refractivity contribution in [3.05, 3.63) is 18.2 Å². The molecule has 104 valence electrons. The number of anilines is 1. The van der Waals surface area contributed by atoms with Crippen LogP contribution in [0.2, 0.25) is 0 Å². The van der Waals surface area contributed by atoms with E-state index in [9.17, 15) is 4.79 Å². The summed E-state index contributed by atoms with van der Waals surface area (Å²) >= 11 is 0. The molecule has 6 nitrogen and oxygen atoms in total. The highest BCUT2D eigenvalue weighted by Crippen LogP contribution is 2.33. The zero-order valence-corrected chi connectivity index (χ0v) is 11.1. The lowest BCUT2D eigenvalue weighted by Crippen LogP contribution is -2.49. The summed E-state index contributed by atoms with van der Waals surface area (Å²) in [6, 6.07) is 5.23. The van der Waals surface area contributed by atoms with Gasteiger partial charge < -0.3 is 19.9 Å². The molecule has 1 atom stereocenters. The molecule has 1 aromatic rings. The second kappa shape index (κ2) is 5.79. The summed E-state index contributed by atoms with van der Waals surface area (Å²) in [4.78, 5) is 13.5. The standard InChI is InChI=1S/C13H18N2O4/c1-17-11-4-3-9(7-12(11)18-2)15-10(8-14)5-6-19-13(15)16/h3-4,7,10H,5-6,8,14H2,1-2H3. The van der Waals surface area contributed by atoms with Crippen LogP contribution in [0.1, 0.15) is 6.42 Å². The second-order valence-electron chi connectivity index (χ2n) is 4.20. The van der Waals surface area contributed by atoms with Gasteiger partial charge in [-0.25, -0.2) is 4.79 Å². The number of nitrogens with two attached hydrogens (primary N) is 1. The molecule has 0 bridgehead atoms. The Bertz CT molecular complexity index is 464. The molecule has 1 amide bonds. The molecule has 19 heavy (non-hydrogen) atoms. The molecule has 0 saturated carbocycles. The van der Waals surface area contributed by atoms with E-state index in [1.54, 1.807) is 37.3 Å². The number of ether oxygens (including phenoxy) is 3. The first-order valence-corrected chi connectivity index (χ1v) is 6.09. The van der Waals surface area contributed by atoms with Crippen LogP contribution in [-0.2, 0) is 4.74 Å². The van der Waals surface area contributed by atoms with Crippen LogP contribution in [0.15, 0.2) is 18.2 Å². The van der Waals surface area contributed by atoms with Gasteiger partial charge in [0.25, 0.3) is 0 Å². The predicted octanol–water partition coefficient (Wildman–Crippen LogP) is 1.38. The molecule has 1 aliphatic rings. The number of cyclic esters (lactones) is 1. The summed E-state index contributed by atoms with van der Waals surface area (Å²) in [5, 5.41) is 0. The summed E-state index contributed by atoms with van der Waals surface area (Å²) in [5.74, 6) is 1.18. The normalized spacial score (nSPS) is 19.0. The third-order valence-corrected chi connectivity index (χ3v) is 3.16. The monoisotopic (exact) mass is 266 g/mol. The largest absolute Gasteiger partial charge is 0.493 e. The van der Waals surface area contributed by atoms with Crippen molar-refractivity contribution >= 4 is 11.8 Å². The van der Waals surface area contributed by atoms with Crippen LogP contribution < -0.4 is 20.1 Å². The third kappa shape index (κ3) is 2.58. The van der Waals surface area contributed by atoms with Crippen LogP contribution in [0.5, 0.6) is 11.5 Å². The highest BCUT2D eigenvalue weighted by atomic mass is 16.6. The average molecular weight is 266 g/mol.